The second kappa shape index (κ2) is 8.29. The molecule has 5 nitrogen and oxygen atoms in total. The molecule has 2 aromatic carbocycles. The highest BCUT2D eigenvalue weighted by Crippen LogP contribution is 2.37. The molecule has 6 heteroatoms. The van der Waals surface area contributed by atoms with E-state index in [1.165, 1.54) is 12.1 Å². The first kappa shape index (κ1) is 18.9. The molecule has 0 radical (unpaired) electrons. The summed E-state index contributed by atoms with van der Waals surface area (Å²) in [7, 11) is 2.13. The zero-order chi connectivity index (χ0) is 19.5. The number of likely N-dealkylation sites (N-methyl/N-ethyl adjacent to an activating group) is 1. The number of para-hydroxylation sites is 2. The summed E-state index contributed by atoms with van der Waals surface area (Å²) in [4.78, 5) is 19.2. The summed E-state index contributed by atoms with van der Waals surface area (Å²) < 4.78 is 13.3. The number of fused-ring (bicyclic) bond motifs is 1. The Morgan fingerprint density at radius 1 is 1.07 bits per heavy atom. The van der Waals surface area contributed by atoms with Crippen LogP contribution in [0, 0.1) is 5.82 Å². The Balaban J connectivity index is 1.44. The van der Waals surface area contributed by atoms with E-state index in [0.717, 1.165) is 36.6 Å². The molecule has 1 N–H and O–H groups in total. The van der Waals surface area contributed by atoms with Crippen LogP contribution in [0.1, 0.15) is 12.8 Å². The summed E-state index contributed by atoms with van der Waals surface area (Å²) in [5.74, 6) is -0.100. The Hall–Kier alpha value is -2.44. The van der Waals surface area contributed by atoms with Crippen molar-refractivity contribution in [1.82, 2.24) is 10.2 Å². The van der Waals surface area contributed by atoms with E-state index in [-0.39, 0.29) is 11.7 Å². The molecule has 0 aliphatic carbocycles. The molecule has 0 aromatic heterocycles. The van der Waals surface area contributed by atoms with Gasteiger partial charge >= 0.3 is 0 Å². The Labute approximate surface area is 165 Å². The molecule has 4 rings (SSSR count). The largest absolute Gasteiger partial charge is 0.338 e. The number of amides is 1. The van der Waals surface area contributed by atoms with E-state index >= 15 is 0 Å². The Morgan fingerprint density at radius 2 is 1.82 bits per heavy atom. The molecular weight excluding hydrogens is 355 g/mol. The number of nitrogens with zero attached hydrogens (tertiary/aromatic N) is 3. The van der Waals surface area contributed by atoms with Crippen LogP contribution in [-0.4, -0.2) is 56.6 Å². The lowest BCUT2D eigenvalue weighted by Gasteiger charge is -2.38. The van der Waals surface area contributed by atoms with E-state index in [0.29, 0.717) is 32.1 Å². The summed E-state index contributed by atoms with van der Waals surface area (Å²) >= 11 is 0. The van der Waals surface area contributed by atoms with Gasteiger partial charge in [0.1, 0.15) is 5.82 Å². The van der Waals surface area contributed by atoms with Crippen LogP contribution in [0.2, 0.25) is 0 Å². The molecule has 0 spiro atoms. The lowest BCUT2D eigenvalue weighted by atomic mass is 10.1. The minimum Gasteiger partial charge on any atom is -0.338 e. The molecule has 0 unspecified atom stereocenters. The average molecular weight is 382 g/mol. The van der Waals surface area contributed by atoms with Gasteiger partial charge in [0, 0.05) is 44.3 Å². The van der Waals surface area contributed by atoms with E-state index < -0.39 is 0 Å². The lowest BCUT2D eigenvalue weighted by molar-refractivity contribution is -0.118. The summed E-state index contributed by atoms with van der Waals surface area (Å²) in [5, 5.41) is 3.51. The van der Waals surface area contributed by atoms with E-state index in [9.17, 15) is 9.18 Å². The fraction of sp³-hybridized carbons (Fsp3) is 0.409. The van der Waals surface area contributed by atoms with Gasteiger partial charge in [0.25, 0.3) is 0 Å². The molecule has 1 atom stereocenters. The van der Waals surface area contributed by atoms with Crippen LogP contribution in [-0.2, 0) is 4.79 Å². The van der Waals surface area contributed by atoms with Gasteiger partial charge in [-0.3, -0.25) is 4.79 Å². The van der Waals surface area contributed by atoms with Crippen LogP contribution in [0.25, 0.3) is 0 Å². The van der Waals surface area contributed by atoms with Crippen molar-refractivity contribution >= 4 is 23.0 Å². The van der Waals surface area contributed by atoms with Gasteiger partial charge in [-0.2, -0.15) is 0 Å². The molecule has 1 fully saturated rings. The second-order valence-electron chi connectivity index (χ2n) is 7.61. The second-order valence-corrected chi connectivity index (χ2v) is 7.61. The molecule has 0 bridgehead atoms. The maximum absolute atomic E-state index is 13.3. The monoisotopic (exact) mass is 382 g/mol. The number of nitrogens with one attached hydrogen (secondary N) is 1. The fourth-order valence-corrected chi connectivity index (χ4v) is 4.13. The Kier molecular flexibility index (Phi) is 5.59. The molecule has 1 saturated heterocycles. The Morgan fingerprint density at radius 3 is 2.54 bits per heavy atom. The highest BCUT2D eigenvalue weighted by atomic mass is 19.1. The smallest absolute Gasteiger partial charge is 0.228 e. The van der Waals surface area contributed by atoms with Gasteiger partial charge < -0.3 is 20.0 Å². The van der Waals surface area contributed by atoms with Gasteiger partial charge in [-0.25, -0.2) is 4.39 Å². The topological polar surface area (TPSA) is 38.8 Å². The van der Waals surface area contributed by atoms with Crippen LogP contribution in [0.5, 0.6) is 0 Å². The minimum absolute atomic E-state index is 0.144. The fourth-order valence-electron chi connectivity index (χ4n) is 4.13. The maximum Gasteiger partial charge on any atom is 0.228 e. The predicted octanol–water partition coefficient (Wildman–Crippen LogP) is 2.99. The van der Waals surface area contributed by atoms with Crippen molar-refractivity contribution in [1.29, 1.82) is 0 Å². The molecule has 1 amide bonds. The van der Waals surface area contributed by atoms with Gasteiger partial charge in [-0.15, -0.1) is 0 Å². The third kappa shape index (κ3) is 4.03. The number of benzene rings is 2. The van der Waals surface area contributed by atoms with Crippen molar-refractivity contribution in [3.63, 3.8) is 0 Å². The SMILES string of the molecule is CN1CC[C@@H](NCCC(=O)N2CCN(c3ccc(F)cc3)c3ccccc32)C1. The lowest BCUT2D eigenvalue weighted by Crippen LogP contribution is -2.43. The van der Waals surface area contributed by atoms with Crippen LogP contribution >= 0.6 is 0 Å². The molecule has 2 aliphatic rings. The number of carbonyl (C=O) groups is 1. The predicted molar refractivity (Wildman–Crippen MR) is 111 cm³/mol. The number of anilines is 3. The molecule has 2 aromatic rings. The third-order valence-corrected chi connectivity index (χ3v) is 5.61. The van der Waals surface area contributed by atoms with Gasteiger partial charge in [-0.05, 0) is 56.4 Å². The zero-order valence-corrected chi connectivity index (χ0v) is 16.3. The van der Waals surface area contributed by atoms with E-state index in [1.54, 1.807) is 12.1 Å². The van der Waals surface area contributed by atoms with Crippen molar-refractivity contribution < 1.29 is 9.18 Å². The first-order valence-electron chi connectivity index (χ1n) is 9.96. The number of halogens is 1. The van der Waals surface area contributed by atoms with Crippen molar-refractivity contribution in [2.45, 2.75) is 18.9 Å². The van der Waals surface area contributed by atoms with Gasteiger partial charge in [-0.1, -0.05) is 12.1 Å². The maximum atomic E-state index is 13.3. The quantitative estimate of drug-likeness (QED) is 0.863. The van der Waals surface area contributed by atoms with Gasteiger partial charge in [0.2, 0.25) is 5.91 Å². The number of likely N-dealkylation sites (tertiary alicyclic amines) is 1. The molecule has 2 heterocycles. The molecule has 148 valence electrons. The summed E-state index contributed by atoms with van der Waals surface area (Å²) in [6.45, 7) is 4.18. The number of rotatable bonds is 5. The molecular formula is C22H27FN4O. The van der Waals surface area contributed by atoms with Gasteiger partial charge in [0.15, 0.2) is 0 Å². The summed E-state index contributed by atoms with van der Waals surface area (Å²) in [5.41, 5.74) is 2.84. The van der Waals surface area contributed by atoms with Crippen LogP contribution in [0.3, 0.4) is 0 Å². The summed E-state index contributed by atoms with van der Waals surface area (Å²) in [6, 6.07) is 14.9. The normalized spacial score (nSPS) is 19.7. The first-order valence-corrected chi connectivity index (χ1v) is 9.96. The first-order chi connectivity index (χ1) is 13.6. The van der Waals surface area contributed by atoms with Crippen molar-refractivity contribution in [2.24, 2.45) is 0 Å². The standard InChI is InChI=1S/C22H27FN4O/c1-25-13-11-18(16-25)24-12-10-22(28)27-15-14-26(19-8-6-17(23)7-9-19)20-4-2-3-5-21(20)27/h2-9,18,24H,10-16H2,1H3/t18-/m1/s1. The molecule has 28 heavy (non-hydrogen) atoms. The Bertz CT molecular complexity index is 826. The highest BCUT2D eigenvalue weighted by Gasteiger charge is 2.27. The van der Waals surface area contributed by atoms with E-state index in [2.05, 4.69) is 22.2 Å². The molecule has 2 aliphatic heterocycles. The van der Waals surface area contributed by atoms with Crippen molar-refractivity contribution in [2.75, 3.05) is 49.6 Å². The summed E-state index contributed by atoms with van der Waals surface area (Å²) in [6.07, 6.45) is 1.63. The number of hydrogen-bond donors (Lipinski definition) is 1. The van der Waals surface area contributed by atoms with Crippen LogP contribution in [0.15, 0.2) is 48.5 Å². The number of hydrogen-bond acceptors (Lipinski definition) is 4. The van der Waals surface area contributed by atoms with E-state index in [1.807, 2.05) is 29.2 Å². The number of carbonyl (C=O) groups excluding carboxylic acids is 1. The minimum atomic E-state index is -0.244. The molecule has 0 saturated carbocycles. The van der Waals surface area contributed by atoms with Crippen molar-refractivity contribution in [3.05, 3.63) is 54.3 Å². The van der Waals surface area contributed by atoms with E-state index in [4.69, 9.17) is 0 Å². The average Bonchev–Trinajstić information content (AvgIpc) is 3.13. The van der Waals surface area contributed by atoms with Crippen LogP contribution in [0.4, 0.5) is 21.5 Å². The third-order valence-electron chi connectivity index (χ3n) is 5.61. The van der Waals surface area contributed by atoms with Crippen molar-refractivity contribution in [3.8, 4) is 0 Å². The van der Waals surface area contributed by atoms with Crippen LogP contribution < -0.4 is 15.1 Å². The zero-order valence-electron chi connectivity index (χ0n) is 16.3. The van der Waals surface area contributed by atoms with Gasteiger partial charge in [0.05, 0.1) is 11.4 Å². The highest BCUT2D eigenvalue weighted by molar-refractivity contribution is 5.98.